The third-order valence-corrected chi connectivity index (χ3v) is 5.22. The van der Waals surface area contributed by atoms with Gasteiger partial charge in [0, 0.05) is 13.1 Å². The lowest BCUT2D eigenvalue weighted by atomic mass is 10.1. The number of hydrogen-bond donors (Lipinski definition) is 2. The molecule has 1 aromatic heterocycles. The van der Waals surface area contributed by atoms with Gasteiger partial charge in [-0.3, -0.25) is 9.36 Å². The molecule has 0 spiro atoms. The van der Waals surface area contributed by atoms with E-state index in [4.69, 9.17) is 4.74 Å². The van der Waals surface area contributed by atoms with E-state index in [0.29, 0.717) is 16.3 Å². The standard InChI is InChI=1S/C23H23F5N4O4/c1-11-6-5-7-13(25)18(11)29-20(33)12-8-14(26)15(9-16(12)36-17(10-24)19(27)28)32-22(34)31(4)21(30-32)23(2,3)35/h5-9,17,19,35H,10H2,1-4H3,(H,29,33)/t17-/m0/s1. The highest BCUT2D eigenvalue weighted by atomic mass is 19.3. The Kier molecular flexibility index (Phi) is 7.53. The predicted octanol–water partition coefficient (Wildman–Crippen LogP) is 3.62. The van der Waals surface area contributed by atoms with Crippen molar-refractivity contribution in [3.05, 3.63) is 69.4 Å². The minimum Gasteiger partial charge on any atom is -0.481 e. The minimum absolute atomic E-state index is 0.152. The summed E-state index contributed by atoms with van der Waals surface area (Å²) in [6, 6.07) is 5.25. The maximum Gasteiger partial charge on any atom is 0.350 e. The molecule has 0 aliphatic heterocycles. The Morgan fingerprint density at radius 2 is 1.89 bits per heavy atom. The molecule has 0 aliphatic rings. The Morgan fingerprint density at radius 1 is 1.22 bits per heavy atom. The first-order chi connectivity index (χ1) is 16.8. The van der Waals surface area contributed by atoms with E-state index in [1.165, 1.54) is 40.0 Å². The Hall–Kier alpha value is -3.74. The van der Waals surface area contributed by atoms with Gasteiger partial charge < -0.3 is 15.2 Å². The molecule has 0 bridgehead atoms. The van der Waals surface area contributed by atoms with Crippen molar-refractivity contribution < 1.29 is 36.6 Å². The van der Waals surface area contributed by atoms with Crippen LogP contribution in [0.2, 0.25) is 0 Å². The highest BCUT2D eigenvalue weighted by Gasteiger charge is 2.30. The average Bonchev–Trinajstić information content (AvgIpc) is 3.09. The van der Waals surface area contributed by atoms with E-state index in [0.717, 1.165) is 16.7 Å². The van der Waals surface area contributed by atoms with E-state index >= 15 is 4.39 Å². The first-order valence-electron chi connectivity index (χ1n) is 10.6. The zero-order valence-corrected chi connectivity index (χ0v) is 19.7. The number of hydrogen-bond acceptors (Lipinski definition) is 5. The van der Waals surface area contributed by atoms with Crippen molar-refractivity contribution >= 4 is 11.6 Å². The molecule has 2 N–H and O–H groups in total. The number of aliphatic hydroxyl groups is 1. The second kappa shape index (κ2) is 10.1. The van der Waals surface area contributed by atoms with Gasteiger partial charge in [-0.25, -0.2) is 26.7 Å². The van der Waals surface area contributed by atoms with Crippen molar-refractivity contribution in [2.75, 3.05) is 12.0 Å². The lowest BCUT2D eigenvalue weighted by Gasteiger charge is -2.19. The van der Waals surface area contributed by atoms with Crippen molar-refractivity contribution in [1.29, 1.82) is 0 Å². The van der Waals surface area contributed by atoms with Crippen molar-refractivity contribution in [1.82, 2.24) is 14.3 Å². The number of benzene rings is 2. The summed E-state index contributed by atoms with van der Waals surface area (Å²) in [5.74, 6) is -4.00. The van der Waals surface area contributed by atoms with Gasteiger partial charge in [-0.05, 0) is 38.5 Å². The fraction of sp³-hybridized carbons (Fsp3) is 0.348. The summed E-state index contributed by atoms with van der Waals surface area (Å²) in [5, 5.41) is 16.4. The molecule has 8 nitrogen and oxygen atoms in total. The van der Waals surface area contributed by atoms with Gasteiger partial charge in [0.2, 0.25) is 0 Å². The molecule has 1 heterocycles. The molecule has 13 heteroatoms. The maximum absolute atomic E-state index is 15.2. The van der Waals surface area contributed by atoms with Gasteiger partial charge >= 0.3 is 5.69 Å². The van der Waals surface area contributed by atoms with Gasteiger partial charge in [-0.2, -0.15) is 4.68 Å². The van der Waals surface area contributed by atoms with Crippen LogP contribution in [0.1, 0.15) is 35.6 Å². The molecule has 0 radical (unpaired) electrons. The summed E-state index contributed by atoms with van der Waals surface area (Å²) in [6.45, 7) is 2.50. The van der Waals surface area contributed by atoms with Crippen molar-refractivity contribution in [3.8, 4) is 11.4 Å². The lowest BCUT2D eigenvalue weighted by Crippen LogP contribution is -2.29. The Balaban J connectivity index is 2.17. The molecule has 1 amide bonds. The van der Waals surface area contributed by atoms with Gasteiger partial charge in [-0.1, -0.05) is 12.1 Å². The molecular formula is C23H23F5N4O4. The number of aromatic nitrogens is 3. The molecule has 0 saturated carbocycles. The van der Waals surface area contributed by atoms with Gasteiger partial charge in [0.1, 0.15) is 35.3 Å². The number of nitrogens with one attached hydrogen (secondary N) is 1. The van der Waals surface area contributed by atoms with Crippen LogP contribution < -0.4 is 15.7 Å². The van der Waals surface area contributed by atoms with E-state index < -0.39 is 65.0 Å². The number of nitrogens with zero attached hydrogens (tertiary/aromatic N) is 3. The molecule has 2 aromatic carbocycles. The highest BCUT2D eigenvalue weighted by molar-refractivity contribution is 6.06. The number of aryl methyl sites for hydroxylation is 1. The number of anilines is 1. The first kappa shape index (κ1) is 26.9. The number of carbonyl (C=O) groups is 1. The molecule has 36 heavy (non-hydrogen) atoms. The molecule has 0 unspecified atom stereocenters. The summed E-state index contributed by atoms with van der Waals surface area (Å²) in [5.41, 5.74) is -3.73. The van der Waals surface area contributed by atoms with Crippen LogP contribution in [0, 0.1) is 18.6 Å². The van der Waals surface area contributed by atoms with Crippen molar-refractivity contribution in [3.63, 3.8) is 0 Å². The summed E-state index contributed by atoms with van der Waals surface area (Å²) >= 11 is 0. The summed E-state index contributed by atoms with van der Waals surface area (Å²) in [7, 11) is 1.27. The van der Waals surface area contributed by atoms with Gasteiger partial charge in [0.15, 0.2) is 11.9 Å². The summed E-state index contributed by atoms with van der Waals surface area (Å²) in [6.07, 6.45) is -5.63. The predicted molar refractivity (Wildman–Crippen MR) is 119 cm³/mol. The Labute approximate surface area is 201 Å². The normalized spacial score (nSPS) is 12.6. The van der Waals surface area contributed by atoms with Crippen LogP contribution in [0.5, 0.6) is 5.75 Å². The van der Waals surface area contributed by atoms with E-state index in [1.807, 2.05) is 0 Å². The molecule has 3 rings (SSSR count). The van der Waals surface area contributed by atoms with Crippen LogP contribution in [-0.4, -0.2) is 44.6 Å². The second-order valence-electron chi connectivity index (χ2n) is 8.47. The van der Waals surface area contributed by atoms with Gasteiger partial charge in [-0.15, -0.1) is 5.10 Å². The minimum atomic E-state index is -3.31. The zero-order valence-electron chi connectivity index (χ0n) is 19.7. The first-order valence-corrected chi connectivity index (χ1v) is 10.6. The number of carbonyl (C=O) groups excluding carboxylic acids is 1. The SMILES string of the molecule is Cc1cccc(F)c1NC(=O)c1cc(F)c(-n2nc(C(C)(C)O)n(C)c2=O)cc1O[C@@H](CF)C(F)F. The van der Waals surface area contributed by atoms with Crippen molar-refractivity contribution in [2.45, 2.75) is 38.9 Å². The largest absolute Gasteiger partial charge is 0.481 e. The quantitative estimate of drug-likeness (QED) is 0.448. The summed E-state index contributed by atoms with van der Waals surface area (Å²) in [4.78, 5) is 25.6. The Morgan fingerprint density at radius 3 is 2.42 bits per heavy atom. The molecule has 0 aliphatic carbocycles. The van der Waals surface area contributed by atoms with E-state index in [9.17, 15) is 32.3 Å². The van der Waals surface area contributed by atoms with E-state index in [2.05, 4.69) is 10.4 Å². The zero-order chi connectivity index (χ0) is 26.9. The van der Waals surface area contributed by atoms with Gasteiger partial charge in [0.05, 0.1) is 11.3 Å². The molecule has 0 saturated heterocycles. The fourth-order valence-corrected chi connectivity index (χ4v) is 3.39. The van der Waals surface area contributed by atoms with Crippen molar-refractivity contribution in [2.24, 2.45) is 7.05 Å². The number of halogens is 5. The highest BCUT2D eigenvalue weighted by Crippen LogP contribution is 2.29. The van der Waals surface area contributed by atoms with Crippen LogP contribution >= 0.6 is 0 Å². The smallest absolute Gasteiger partial charge is 0.350 e. The number of alkyl halides is 3. The molecule has 1 atom stereocenters. The molecule has 3 aromatic rings. The molecular weight excluding hydrogens is 491 g/mol. The number of para-hydroxylation sites is 1. The van der Waals surface area contributed by atoms with E-state index in [1.54, 1.807) is 0 Å². The summed E-state index contributed by atoms with van der Waals surface area (Å²) < 4.78 is 75.5. The number of ether oxygens (including phenoxy) is 1. The average molecular weight is 514 g/mol. The van der Waals surface area contributed by atoms with Crippen LogP contribution in [0.15, 0.2) is 35.1 Å². The van der Waals surface area contributed by atoms with Crippen LogP contribution in [0.4, 0.5) is 27.6 Å². The third-order valence-electron chi connectivity index (χ3n) is 5.22. The maximum atomic E-state index is 15.2. The second-order valence-corrected chi connectivity index (χ2v) is 8.47. The lowest BCUT2D eigenvalue weighted by molar-refractivity contribution is -0.00159. The van der Waals surface area contributed by atoms with E-state index in [-0.39, 0.29) is 11.5 Å². The Bertz CT molecular complexity index is 1330. The molecule has 0 fully saturated rings. The van der Waals surface area contributed by atoms with Crippen LogP contribution in [-0.2, 0) is 12.6 Å². The van der Waals surface area contributed by atoms with Crippen LogP contribution in [0.25, 0.3) is 5.69 Å². The van der Waals surface area contributed by atoms with Gasteiger partial charge in [0.25, 0.3) is 12.3 Å². The number of amides is 1. The topological polar surface area (TPSA) is 98.4 Å². The van der Waals surface area contributed by atoms with Crippen LogP contribution in [0.3, 0.4) is 0 Å². The third kappa shape index (κ3) is 5.25. The number of rotatable bonds is 8. The monoisotopic (exact) mass is 514 g/mol. The fourth-order valence-electron chi connectivity index (χ4n) is 3.39. The molecule has 194 valence electrons.